The molecule has 1 aliphatic rings. The lowest BCUT2D eigenvalue weighted by atomic mass is 10.00. The average Bonchev–Trinajstić information content (AvgIpc) is 2.93. The van der Waals surface area contributed by atoms with Gasteiger partial charge in [0.25, 0.3) is 10.1 Å². The highest BCUT2D eigenvalue weighted by Crippen LogP contribution is 2.27. The maximum Gasteiger partial charge on any atom is 0.297 e. The number of hydrogen-bond acceptors (Lipinski definition) is 5. The van der Waals surface area contributed by atoms with Gasteiger partial charge in [0.1, 0.15) is 11.7 Å². The van der Waals surface area contributed by atoms with Crippen molar-refractivity contribution in [2.24, 2.45) is 5.73 Å². The largest absolute Gasteiger partial charge is 0.367 e. The van der Waals surface area contributed by atoms with Crippen LogP contribution in [0.15, 0.2) is 41.3 Å². The molecule has 1 aromatic carbocycles. The minimum absolute atomic E-state index is 0.0348. The lowest BCUT2D eigenvalue weighted by Gasteiger charge is -2.31. The molecule has 20 heavy (non-hydrogen) atoms. The Morgan fingerprint density at radius 3 is 2.55 bits per heavy atom. The van der Waals surface area contributed by atoms with Crippen molar-refractivity contribution in [2.75, 3.05) is 13.2 Å². The van der Waals surface area contributed by atoms with Gasteiger partial charge >= 0.3 is 0 Å². The molecule has 0 aromatic heterocycles. The van der Waals surface area contributed by atoms with Gasteiger partial charge in [0, 0.05) is 6.54 Å². The number of hydrogen-bond donors (Lipinski definition) is 1. The molecule has 110 valence electrons. The van der Waals surface area contributed by atoms with Gasteiger partial charge in [-0.2, -0.15) is 8.42 Å². The van der Waals surface area contributed by atoms with Crippen molar-refractivity contribution in [1.82, 2.24) is 0 Å². The van der Waals surface area contributed by atoms with E-state index in [1.807, 2.05) is 13.0 Å². The summed E-state index contributed by atoms with van der Waals surface area (Å²) in [6.45, 7) is 4.00. The fraction of sp³-hybridized carbons (Fsp3) is 0.429. The Kier molecular flexibility index (Phi) is 4.29. The van der Waals surface area contributed by atoms with Gasteiger partial charge in [0.2, 0.25) is 0 Å². The average molecular weight is 297 g/mol. The fourth-order valence-electron chi connectivity index (χ4n) is 1.98. The SMILES string of the molecule is Cc1ccc(S(=O)(=O)OC(C)(CN)[C@@H]2C=CCO2)cc1. The van der Waals surface area contributed by atoms with Crippen LogP contribution < -0.4 is 5.73 Å². The zero-order valence-electron chi connectivity index (χ0n) is 11.6. The van der Waals surface area contributed by atoms with Crippen LogP contribution in [0.2, 0.25) is 0 Å². The number of nitrogens with two attached hydrogens (primary N) is 1. The highest BCUT2D eigenvalue weighted by Gasteiger charge is 2.40. The number of benzene rings is 1. The summed E-state index contributed by atoms with van der Waals surface area (Å²) in [6.07, 6.45) is 3.13. The second-order valence-electron chi connectivity index (χ2n) is 5.05. The molecule has 2 N–H and O–H groups in total. The summed E-state index contributed by atoms with van der Waals surface area (Å²) in [5, 5.41) is 0. The third-order valence-electron chi connectivity index (χ3n) is 3.30. The number of rotatable bonds is 5. The van der Waals surface area contributed by atoms with Crippen LogP contribution in [-0.4, -0.2) is 33.3 Å². The summed E-state index contributed by atoms with van der Waals surface area (Å²) in [5.74, 6) is 0. The van der Waals surface area contributed by atoms with E-state index in [1.54, 1.807) is 25.1 Å². The van der Waals surface area contributed by atoms with Crippen LogP contribution >= 0.6 is 0 Å². The van der Waals surface area contributed by atoms with Gasteiger partial charge in [0.05, 0.1) is 11.5 Å². The number of ether oxygens (including phenoxy) is 1. The van der Waals surface area contributed by atoms with Crippen molar-refractivity contribution in [2.45, 2.75) is 30.4 Å². The molecular formula is C14H19NO4S. The number of aryl methyl sites for hydroxylation is 1. The minimum atomic E-state index is -3.88. The quantitative estimate of drug-likeness (QED) is 0.656. The Bertz CT molecular complexity index is 594. The third kappa shape index (κ3) is 3.09. The van der Waals surface area contributed by atoms with Gasteiger partial charge < -0.3 is 10.5 Å². The molecule has 0 aliphatic carbocycles. The van der Waals surface area contributed by atoms with Gasteiger partial charge in [-0.15, -0.1) is 0 Å². The van der Waals surface area contributed by atoms with Crippen molar-refractivity contribution in [3.63, 3.8) is 0 Å². The first-order valence-electron chi connectivity index (χ1n) is 6.38. The van der Waals surface area contributed by atoms with Crippen LogP contribution in [0.5, 0.6) is 0 Å². The molecule has 5 nitrogen and oxygen atoms in total. The van der Waals surface area contributed by atoms with E-state index in [0.29, 0.717) is 6.61 Å². The topological polar surface area (TPSA) is 78.6 Å². The summed E-state index contributed by atoms with van der Waals surface area (Å²) < 4.78 is 35.4. The van der Waals surface area contributed by atoms with Crippen molar-refractivity contribution >= 4 is 10.1 Å². The van der Waals surface area contributed by atoms with E-state index in [-0.39, 0.29) is 11.4 Å². The van der Waals surface area contributed by atoms with E-state index in [4.69, 9.17) is 14.7 Å². The summed E-state index contributed by atoms with van der Waals surface area (Å²) >= 11 is 0. The molecule has 0 saturated heterocycles. The molecule has 1 unspecified atom stereocenters. The van der Waals surface area contributed by atoms with Crippen LogP contribution in [-0.2, 0) is 19.0 Å². The molecule has 1 aliphatic heterocycles. The van der Waals surface area contributed by atoms with Crippen LogP contribution in [0.4, 0.5) is 0 Å². The van der Waals surface area contributed by atoms with E-state index >= 15 is 0 Å². The molecule has 6 heteroatoms. The normalized spacial score (nSPS) is 21.9. The molecule has 0 fully saturated rings. The summed E-state index contributed by atoms with van der Waals surface area (Å²) in [7, 11) is -3.88. The van der Waals surface area contributed by atoms with Gasteiger partial charge in [-0.25, -0.2) is 0 Å². The third-order valence-corrected chi connectivity index (χ3v) is 4.75. The van der Waals surface area contributed by atoms with Crippen LogP contribution in [0, 0.1) is 6.92 Å². The van der Waals surface area contributed by atoms with Crippen molar-refractivity contribution < 1.29 is 17.3 Å². The van der Waals surface area contributed by atoms with Gasteiger partial charge in [-0.05, 0) is 26.0 Å². The van der Waals surface area contributed by atoms with Crippen molar-refractivity contribution in [3.05, 3.63) is 42.0 Å². The fourth-order valence-corrected chi connectivity index (χ4v) is 3.20. The molecule has 0 amide bonds. The first-order valence-corrected chi connectivity index (χ1v) is 7.79. The van der Waals surface area contributed by atoms with Crippen LogP contribution in [0.25, 0.3) is 0 Å². The predicted molar refractivity (Wildman–Crippen MR) is 75.8 cm³/mol. The molecule has 0 spiro atoms. The smallest absolute Gasteiger partial charge is 0.297 e. The second-order valence-corrected chi connectivity index (χ2v) is 6.60. The highest BCUT2D eigenvalue weighted by molar-refractivity contribution is 7.86. The molecule has 1 aromatic rings. The Labute approximate surface area is 119 Å². The second kappa shape index (κ2) is 5.65. The molecule has 0 bridgehead atoms. The Hall–Kier alpha value is -1.21. The monoisotopic (exact) mass is 297 g/mol. The van der Waals surface area contributed by atoms with Crippen molar-refractivity contribution in [1.29, 1.82) is 0 Å². The van der Waals surface area contributed by atoms with Crippen LogP contribution in [0.3, 0.4) is 0 Å². The van der Waals surface area contributed by atoms with Gasteiger partial charge in [0.15, 0.2) is 0 Å². The molecule has 0 radical (unpaired) electrons. The molecule has 2 atom stereocenters. The minimum Gasteiger partial charge on any atom is -0.367 e. The predicted octanol–water partition coefficient (Wildman–Crippen LogP) is 1.37. The molecule has 0 saturated carbocycles. The zero-order chi connectivity index (χ0) is 14.8. The first-order chi connectivity index (χ1) is 9.37. The first kappa shape index (κ1) is 15.2. The zero-order valence-corrected chi connectivity index (χ0v) is 12.4. The van der Waals surface area contributed by atoms with Crippen molar-refractivity contribution in [3.8, 4) is 0 Å². The van der Waals surface area contributed by atoms with E-state index in [1.165, 1.54) is 12.1 Å². The van der Waals surface area contributed by atoms with Crippen LogP contribution in [0.1, 0.15) is 12.5 Å². The van der Waals surface area contributed by atoms with E-state index in [0.717, 1.165) is 5.56 Å². The lowest BCUT2D eigenvalue weighted by Crippen LogP contribution is -2.49. The molecule has 1 heterocycles. The molecular weight excluding hydrogens is 278 g/mol. The van der Waals surface area contributed by atoms with E-state index < -0.39 is 21.8 Å². The summed E-state index contributed by atoms with van der Waals surface area (Å²) in [4.78, 5) is 0.116. The standard InChI is InChI=1S/C14H19NO4S/c1-11-5-7-12(8-6-11)20(16,17)19-14(2,10-15)13-4-3-9-18-13/h3-8,13H,9-10,15H2,1-2H3/t13-,14?/m0/s1. The Morgan fingerprint density at radius 2 is 2.05 bits per heavy atom. The highest BCUT2D eigenvalue weighted by atomic mass is 32.2. The van der Waals surface area contributed by atoms with E-state index in [2.05, 4.69) is 0 Å². The van der Waals surface area contributed by atoms with E-state index in [9.17, 15) is 8.42 Å². The molecule has 2 rings (SSSR count). The summed E-state index contributed by atoms with van der Waals surface area (Å²) in [5.41, 5.74) is 5.56. The van der Waals surface area contributed by atoms with Gasteiger partial charge in [-0.3, -0.25) is 4.18 Å². The lowest BCUT2D eigenvalue weighted by molar-refractivity contribution is -0.0308. The maximum atomic E-state index is 12.3. The van der Waals surface area contributed by atoms with Gasteiger partial charge in [-0.1, -0.05) is 29.8 Å². The summed E-state index contributed by atoms with van der Waals surface area (Å²) in [6, 6.07) is 6.49. The maximum absolute atomic E-state index is 12.3. The Morgan fingerprint density at radius 1 is 1.40 bits per heavy atom. The Balaban J connectivity index is 2.25.